The third-order valence-corrected chi connectivity index (χ3v) is 2.41. The maximum absolute atomic E-state index is 12.8. The van der Waals surface area contributed by atoms with E-state index in [0.29, 0.717) is 0 Å². The maximum Gasteiger partial charge on any atom is 0.313 e. The molecule has 0 aliphatic heterocycles. The number of carbonyl (C=O) groups excluding carboxylic acids is 1. The Morgan fingerprint density at radius 1 is 1.58 bits per heavy atom. The second kappa shape index (κ2) is 2.52. The summed E-state index contributed by atoms with van der Waals surface area (Å²) in [6.07, 6.45) is -0.889. The Bertz CT molecular complexity index is 217. The van der Waals surface area contributed by atoms with Gasteiger partial charge in [-0.1, -0.05) is 11.6 Å². The number of rotatable bonds is 1. The van der Waals surface area contributed by atoms with Gasteiger partial charge in [-0.05, 0) is 0 Å². The van der Waals surface area contributed by atoms with Gasteiger partial charge in [-0.3, -0.25) is 4.79 Å². The minimum Gasteiger partial charge on any atom is -0.469 e. The van der Waals surface area contributed by atoms with Crippen molar-refractivity contribution in [3.8, 4) is 0 Å². The minimum absolute atomic E-state index is 0.889. The molecule has 0 aromatic carbocycles. The van der Waals surface area contributed by atoms with E-state index in [1.807, 2.05) is 0 Å². The number of halogens is 4. The fourth-order valence-electron chi connectivity index (χ4n) is 1.02. The molecular weight excluding hydrogens is 197 g/mol. The molecule has 70 valence electrons. The van der Waals surface area contributed by atoms with Gasteiger partial charge in [0.2, 0.25) is 0 Å². The molecule has 2 nitrogen and oxygen atoms in total. The average Bonchev–Trinajstić information content (AvgIpc) is 1.99. The van der Waals surface area contributed by atoms with E-state index in [0.717, 1.165) is 7.11 Å². The first-order chi connectivity index (χ1) is 5.33. The van der Waals surface area contributed by atoms with Gasteiger partial charge in [0.15, 0.2) is 0 Å². The number of carbonyl (C=O) groups is 1. The highest BCUT2D eigenvalue weighted by molar-refractivity contribution is 6.26. The van der Waals surface area contributed by atoms with Gasteiger partial charge in [0.1, 0.15) is 5.92 Å². The summed E-state index contributed by atoms with van der Waals surface area (Å²) in [6.45, 7) is 0. The summed E-state index contributed by atoms with van der Waals surface area (Å²) in [5.41, 5.74) is 0. The molecule has 1 aliphatic rings. The lowest BCUT2D eigenvalue weighted by Gasteiger charge is -2.43. The normalized spacial score (nSPS) is 38.6. The third-order valence-electron chi connectivity index (χ3n) is 1.87. The van der Waals surface area contributed by atoms with E-state index < -0.39 is 29.4 Å². The molecule has 0 saturated heterocycles. The Labute approximate surface area is 71.6 Å². The largest absolute Gasteiger partial charge is 0.469 e. The van der Waals surface area contributed by atoms with Crippen LogP contribution >= 0.6 is 11.6 Å². The van der Waals surface area contributed by atoms with E-state index in [4.69, 9.17) is 11.6 Å². The lowest BCUT2D eigenvalue weighted by Crippen LogP contribution is -2.60. The number of esters is 1. The molecule has 2 atom stereocenters. The Balaban J connectivity index is 2.72. The Morgan fingerprint density at radius 2 is 2.08 bits per heavy atom. The summed E-state index contributed by atoms with van der Waals surface area (Å²) in [5.74, 6) is -6.23. The van der Waals surface area contributed by atoms with E-state index in [-0.39, 0.29) is 0 Å². The molecule has 1 rings (SSSR count). The van der Waals surface area contributed by atoms with Crippen LogP contribution < -0.4 is 0 Å². The van der Waals surface area contributed by atoms with Crippen molar-refractivity contribution in [2.75, 3.05) is 7.11 Å². The first kappa shape index (κ1) is 9.64. The van der Waals surface area contributed by atoms with Crippen molar-refractivity contribution in [3.63, 3.8) is 0 Å². The molecule has 0 N–H and O–H groups in total. The van der Waals surface area contributed by atoms with Crippen molar-refractivity contribution in [3.05, 3.63) is 0 Å². The first-order valence-electron chi connectivity index (χ1n) is 3.16. The molecule has 1 fully saturated rings. The van der Waals surface area contributed by atoms with Crippen LogP contribution in [0.4, 0.5) is 13.2 Å². The highest BCUT2D eigenvalue weighted by Gasteiger charge is 2.72. The van der Waals surface area contributed by atoms with Crippen LogP contribution in [0.5, 0.6) is 0 Å². The van der Waals surface area contributed by atoms with Crippen LogP contribution in [0.1, 0.15) is 6.42 Å². The van der Waals surface area contributed by atoms with Crippen molar-refractivity contribution in [2.45, 2.75) is 17.5 Å². The van der Waals surface area contributed by atoms with E-state index >= 15 is 0 Å². The van der Waals surface area contributed by atoms with Crippen LogP contribution in [-0.2, 0) is 9.53 Å². The third kappa shape index (κ3) is 1.07. The average molecular weight is 203 g/mol. The summed E-state index contributed by atoms with van der Waals surface area (Å²) in [4.78, 5) is 10.6. The van der Waals surface area contributed by atoms with Crippen molar-refractivity contribution >= 4 is 17.6 Å². The van der Waals surface area contributed by atoms with E-state index in [2.05, 4.69) is 4.74 Å². The van der Waals surface area contributed by atoms with Crippen LogP contribution in [0.15, 0.2) is 0 Å². The van der Waals surface area contributed by atoms with Gasteiger partial charge < -0.3 is 4.74 Å². The number of ether oxygens (including phenoxy) is 1. The Morgan fingerprint density at radius 3 is 2.33 bits per heavy atom. The zero-order chi connectivity index (χ0) is 9.57. The number of hydrogen-bond acceptors (Lipinski definition) is 2. The van der Waals surface area contributed by atoms with Crippen molar-refractivity contribution in [1.82, 2.24) is 0 Å². The molecule has 12 heavy (non-hydrogen) atoms. The van der Waals surface area contributed by atoms with Gasteiger partial charge in [-0.15, -0.1) is 0 Å². The Kier molecular flexibility index (Phi) is 2.02. The Hall–Kier alpha value is -0.450. The standard InChI is InChI=1S/C6H6ClF3O2/c1-12-4(11)3-2-5(8,9)6(3,7)10/h3H,2H2,1H3. The van der Waals surface area contributed by atoms with E-state index in [1.54, 1.807) is 0 Å². The predicted molar refractivity (Wildman–Crippen MR) is 34.8 cm³/mol. The number of methoxy groups -OCH3 is 1. The molecule has 2 unspecified atom stereocenters. The monoisotopic (exact) mass is 202 g/mol. The highest BCUT2D eigenvalue weighted by Crippen LogP contribution is 2.57. The summed E-state index contributed by atoms with van der Waals surface area (Å²) in [6, 6.07) is 0. The highest BCUT2D eigenvalue weighted by atomic mass is 35.5. The van der Waals surface area contributed by atoms with Gasteiger partial charge >= 0.3 is 5.97 Å². The van der Waals surface area contributed by atoms with Crippen LogP contribution in [0.25, 0.3) is 0 Å². The molecule has 0 spiro atoms. The fourth-order valence-corrected chi connectivity index (χ4v) is 1.26. The molecule has 0 aromatic heterocycles. The smallest absolute Gasteiger partial charge is 0.313 e. The van der Waals surface area contributed by atoms with Crippen molar-refractivity contribution in [2.24, 2.45) is 5.92 Å². The van der Waals surface area contributed by atoms with Gasteiger partial charge in [0, 0.05) is 6.42 Å². The van der Waals surface area contributed by atoms with E-state index in [9.17, 15) is 18.0 Å². The topological polar surface area (TPSA) is 26.3 Å². The lowest BCUT2D eigenvalue weighted by atomic mass is 9.78. The first-order valence-corrected chi connectivity index (χ1v) is 3.54. The zero-order valence-electron chi connectivity index (χ0n) is 6.11. The van der Waals surface area contributed by atoms with Gasteiger partial charge in [0.25, 0.3) is 11.1 Å². The fraction of sp³-hybridized carbons (Fsp3) is 0.833. The molecule has 0 heterocycles. The molecule has 1 aliphatic carbocycles. The molecule has 1 saturated carbocycles. The molecule has 0 amide bonds. The predicted octanol–water partition coefficient (Wildman–Crippen LogP) is 1.72. The molecule has 0 radical (unpaired) electrons. The van der Waals surface area contributed by atoms with Crippen molar-refractivity contribution < 1.29 is 22.7 Å². The summed E-state index contributed by atoms with van der Waals surface area (Å²) >= 11 is 4.82. The van der Waals surface area contributed by atoms with Gasteiger partial charge in [-0.2, -0.15) is 0 Å². The quantitative estimate of drug-likeness (QED) is 0.478. The van der Waals surface area contributed by atoms with Crippen LogP contribution in [0.3, 0.4) is 0 Å². The van der Waals surface area contributed by atoms with Crippen LogP contribution in [-0.4, -0.2) is 24.1 Å². The van der Waals surface area contributed by atoms with Gasteiger partial charge in [0.05, 0.1) is 7.11 Å². The second-order valence-corrected chi connectivity index (χ2v) is 3.16. The molecule has 0 bridgehead atoms. The minimum atomic E-state index is -3.63. The molecule has 0 aromatic rings. The summed E-state index contributed by atoms with van der Waals surface area (Å²) in [7, 11) is 0.992. The summed E-state index contributed by atoms with van der Waals surface area (Å²) < 4.78 is 41.6. The SMILES string of the molecule is COC(=O)C1CC(F)(F)C1(F)Cl. The summed E-state index contributed by atoms with van der Waals surface area (Å²) in [5, 5.41) is -3.28. The lowest BCUT2D eigenvalue weighted by molar-refractivity contribution is -0.218. The maximum atomic E-state index is 12.8. The van der Waals surface area contributed by atoms with E-state index in [1.165, 1.54) is 0 Å². The zero-order valence-corrected chi connectivity index (χ0v) is 6.87. The van der Waals surface area contributed by atoms with Crippen LogP contribution in [0, 0.1) is 5.92 Å². The second-order valence-electron chi connectivity index (χ2n) is 2.61. The number of hydrogen-bond donors (Lipinski definition) is 0. The van der Waals surface area contributed by atoms with Crippen molar-refractivity contribution in [1.29, 1.82) is 0 Å². The number of alkyl halides is 4. The molecule has 6 heteroatoms. The van der Waals surface area contributed by atoms with Gasteiger partial charge in [-0.25, -0.2) is 13.2 Å². The van der Waals surface area contributed by atoms with Crippen LogP contribution in [0.2, 0.25) is 0 Å². The molecular formula is C6H6ClF3O2.